The van der Waals surface area contributed by atoms with Crippen molar-refractivity contribution in [2.24, 2.45) is 0 Å². The van der Waals surface area contributed by atoms with Crippen LogP contribution in [0.5, 0.6) is 5.75 Å². The summed E-state index contributed by atoms with van der Waals surface area (Å²) in [6, 6.07) is 7.14. The fraction of sp³-hybridized carbons (Fsp3) is 0.500. The van der Waals surface area contributed by atoms with Crippen molar-refractivity contribution in [2.75, 3.05) is 7.11 Å². The van der Waals surface area contributed by atoms with Crippen LogP contribution in [-0.4, -0.2) is 20.8 Å². The van der Waals surface area contributed by atoms with E-state index in [2.05, 4.69) is 0 Å². The van der Waals surface area contributed by atoms with Gasteiger partial charge in [-0.3, -0.25) is 0 Å². The van der Waals surface area contributed by atoms with E-state index in [0.29, 0.717) is 6.42 Å². The summed E-state index contributed by atoms with van der Waals surface area (Å²) in [4.78, 5) is 0. The summed E-state index contributed by atoms with van der Waals surface area (Å²) in [5.74, 6) is 0.844. The molecular weight excluding hydrogens is 224 g/mol. The zero-order valence-corrected chi connectivity index (χ0v) is 10.8. The van der Waals surface area contributed by atoms with E-state index in [9.17, 15) is 8.42 Å². The molecule has 4 heteroatoms. The molecule has 0 saturated carbocycles. The van der Waals surface area contributed by atoms with Crippen molar-refractivity contribution in [3.05, 3.63) is 29.8 Å². The van der Waals surface area contributed by atoms with Crippen molar-refractivity contribution in [3.8, 4) is 5.75 Å². The van der Waals surface area contributed by atoms with Crippen LogP contribution >= 0.6 is 0 Å². The lowest BCUT2D eigenvalue weighted by Gasteiger charge is -2.10. The van der Waals surface area contributed by atoms with Crippen LogP contribution < -0.4 is 4.74 Å². The number of methoxy groups -OCH3 is 1. The van der Waals surface area contributed by atoms with Gasteiger partial charge in [0.1, 0.15) is 5.75 Å². The second-order valence-electron chi connectivity index (χ2n) is 3.87. The quantitative estimate of drug-likeness (QED) is 0.796. The second kappa shape index (κ2) is 5.34. The van der Waals surface area contributed by atoms with Crippen LogP contribution in [0.4, 0.5) is 0 Å². The SMILES string of the molecule is CCC(C)S(=O)(=O)Cc1ccc(OC)cc1. The Morgan fingerprint density at radius 3 is 2.25 bits per heavy atom. The number of ether oxygens (including phenoxy) is 1. The molecule has 0 fully saturated rings. The summed E-state index contributed by atoms with van der Waals surface area (Å²) in [5, 5.41) is -0.283. The number of sulfone groups is 1. The first-order valence-corrected chi connectivity index (χ1v) is 7.05. The largest absolute Gasteiger partial charge is 0.497 e. The molecule has 1 aromatic rings. The van der Waals surface area contributed by atoms with Crippen LogP contribution in [0.25, 0.3) is 0 Å². The Bertz CT molecular complexity index is 420. The summed E-state index contributed by atoms with van der Waals surface area (Å²) in [6.07, 6.45) is 0.651. The third-order valence-electron chi connectivity index (χ3n) is 2.71. The molecule has 0 spiro atoms. The van der Waals surface area contributed by atoms with Crippen LogP contribution in [-0.2, 0) is 15.6 Å². The zero-order valence-electron chi connectivity index (χ0n) is 9.93. The molecule has 0 bridgehead atoms. The Hall–Kier alpha value is -1.03. The Morgan fingerprint density at radius 2 is 1.81 bits per heavy atom. The molecule has 0 aliphatic carbocycles. The lowest BCUT2D eigenvalue weighted by molar-refractivity contribution is 0.414. The molecule has 1 rings (SSSR count). The standard InChI is InChI=1S/C12H18O3S/c1-4-10(2)16(13,14)9-11-5-7-12(15-3)8-6-11/h5-8,10H,4,9H2,1-3H3. The van der Waals surface area contributed by atoms with Crippen LogP contribution in [0, 0.1) is 0 Å². The Morgan fingerprint density at radius 1 is 1.25 bits per heavy atom. The van der Waals surface area contributed by atoms with Gasteiger partial charge in [-0.2, -0.15) is 0 Å². The van der Waals surface area contributed by atoms with Crippen molar-refractivity contribution in [1.82, 2.24) is 0 Å². The smallest absolute Gasteiger partial charge is 0.157 e. The molecule has 0 N–H and O–H groups in total. The molecule has 16 heavy (non-hydrogen) atoms. The summed E-state index contributed by atoms with van der Waals surface area (Å²) in [6.45, 7) is 3.63. The third kappa shape index (κ3) is 3.23. The Kier molecular flexibility index (Phi) is 4.35. The van der Waals surface area contributed by atoms with Crippen LogP contribution in [0.2, 0.25) is 0 Å². The van der Waals surface area contributed by atoms with E-state index in [-0.39, 0.29) is 11.0 Å². The maximum absolute atomic E-state index is 11.9. The molecule has 1 atom stereocenters. The van der Waals surface area contributed by atoms with E-state index < -0.39 is 9.84 Å². The fourth-order valence-corrected chi connectivity index (χ4v) is 2.80. The first-order chi connectivity index (χ1) is 7.49. The maximum atomic E-state index is 11.9. The highest BCUT2D eigenvalue weighted by molar-refractivity contribution is 7.91. The average molecular weight is 242 g/mol. The number of hydrogen-bond donors (Lipinski definition) is 0. The third-order valence-corrected chi connectivity index (χ3v) is 5.01. The molecular formula is C12H18O3S. The number of benzene rings is 1. The topological polar surface area (TPSA) is 43.4 Å². The molecule has 0 radical (unpaired) electrons. The normalized spacial score (nSPS) is 13.4. The van der Waals surface area contributed by atoms with Crippen LogP contribution in [0.3, 0.4) is 0 Å². The van der Waals surface area contributed by atoms with Gasteiger partial charge in [0.15, 0.2) is 9.84 Å². The highest BCUT2D eigenvalue weighted by Crippen LogP contribution is 2.16. The molecule has 0 aliphatic heterocycles. The Labute approximate surface area is 97.4 Å². The van der Waals surface area contributed by atoms with Gasteiger partial charge in [0.2, 0.25) is 0 Å². The predicted molar refractivity (Wildman–Crippen MR) is 65.4 cm³/mol. The van der Waals surface area contributed by atoms with Gasteiger partial charge in [0.05, 0.1) is 18.1 Å². The van der Waals surface area contributed by atoms with E-state index in [1.165, 1.54) is 0 Å². The summed E-state index contributed by atoms with van der Waals surface area (Å²) < 4.78 is 28.7. The van der Waals surface area contributed by atoms with Gasteiger partial charge >= 0.3 is 0 Å². The van der Waals surface area contributed by atoms with E-state index >= 15 is 0 Å². The number of hydrogen-bond acceptors (Lipinski definition) is 3. The lowest BCUT2D eigenvalue weighted by atomic mass is 10.2. The van der Waals surface area contributed by atoms with Gasteiger partial charge < -0.3 is 4.74 Å². The summed E-state index contributed by atoms with van der Waals surface area (Å²) >= 11 is 0. The fourth-order valence-electron chi connectivity index (χ4n) is 1.35. The van der Waals surface area contributed by atoms with Crippen LogP contribution in [0.1, 0.15) is 25.8 Å². The monoisotopic (exact) mass is 242 g/mol. The van der Waals surface area contributed by atoms with E-state index in [1.54, 1.807) is 38.3 Å². The van der Waals surface area contributed by atoms with Crippen molar-refractivity contribution < 1.29 is 13.2 Å². The first-order valence-electron chi connectivity index (χ1n) is 5.34. The highest BCUT2D eigenvalue weighted by Gasteiger charge is 2.19. The minimum Gasteiger partial charge on any atom is -0.497 e. The summed E-state index contributed by atoms with van der Waals surface area (Å²) in [5.41, 5.74) is 0.807. The molecule has 0 aliphatic rings. The Balaban J connectivity index is 2.80. The summed E-state index contributed by atoms with van der Waals surface area (Å²) in [7, 11) is -1.44. The van der Waals surface area contributed by atoms with E-state index in [1.807, 2.05) is 6.92 Å². The van der Waals surface area contributed by atoms with Gasteiger partial charge in [-0.05, 0) is 31.0 Å². The van der Waals surface area contributed by atoms with Crippen molar-refractivity contribution in [1.29, 1.82) is 0 Å². The van der Waals surface area contributed by atoms with Gasteiger partial charge in [-0.1, -0.05) is 19.1 Å². The van der Waals surface area contributed by atoms with Crippen molar-refractivity contribution in [2.45, 2.75) is 31.3 Å². The molecule has 0 aromatic heterocycles. The molecule has 0 heterocycles. The van der Waals surface area contributed by atoms with Crippen molar-refractivity contribution >= 4 is 9.84 Å². The van der Waals surface area contributed by atoms with E-state index in [0.717, 1.165) is 11.3 Å². The van der Waals surface area contributed by atoms with Gasteiger partial charge in [-0.25, -0.2) is 8.42 Å². The zero-order chi connectivity index (χ0) is 12.2. The molecule has 0 saturated heterocycles. The average Bonchev–Trinajstić information content (AvgIpc) is 2.28. The predicted octanol–water partition coefficient (Wildman–Crippen LogP) is 2.41. The maximum Gasteiger partial charge on any atom is 0.157 e. The molecule has 1 aromatic carbocycles. The molecule has 0 amide bonds. The number of rotatable bonds is 5. The van der Waals surface area contributed by atoms with Crippen molar-refractivity contribution in [3.63, 3.8) is 0 Å². The van der Waals surface area contributed by atoms with E-state index in [4.69, 9.17) is 4.74 Å². The van der Waals surface area contributed by atoms with Gasteiger partial charge in [0.25, 0.3) is 0 Å². The molecule has 1 unspecified atom stereocenters. The van der Waals surface area contributed by atoms with Crippen LogP contribution in [0.15, 0.2) is 24.3 Å². The minimum absolute atomic E-state index is 0.103. The molecule has 90 valence electrons. The minimum atomic E-state index is -3.02. The molecule has 3 nitrogen and oxygen atoms in total. The first kappa shape index (κ1) is 13.0. The van der Waals surface area contributed by atoms with Gasteiger partial charge in [0, 0.05) is 0 Å². The lowest BCUT2D eigenvalue weighted by Crippen LogP contribution is -2.18. The van der Waals surface area contributed by atoms with Gasteiger partial charge in [-0.15, -0.1) is 0 Å². The highest BCUT2D eigenvalue weighted by atomic mass is 32.2. The second-order valence-corrected chi connectivity index (χ2v) is 6.29.